The molecule has 28 heavy (non-hydrogen) atoms. The van der Waals surface area contributed by atoms with Crippen LogP contribution in [0.4, 0.5) is 0 Å². The highest BCUT2D eigenvalue weighted by Gasteiger charge is 2.26. The molecule has 0 saturated carbocycles. The number of piperidine rings is 3. The normalized spacial score (nSPS) is 25.9. The third-order valence-corrected chi connectivity index (χ3v) is 7.69. The van der Waals surface area contributed by atoms with Gasteiger partial charge in [0.25, 0.3) is 0 Å². The largest absolute Gasteiger partial charge is 0.312 e. The lowest BCUT2D eigenvalue weighted by molar-refractivity contribution is 0.103. The zero-order valence-corrected chi connectivity index (χ0v) is 19.3. The van der Waals surface area contributed by atoms with Crippen LogP contribution < -0.4 is 5.32 Å². The first-order chi connectivity index (χ1) is 13.5. The Morgan fingerprint density at radius 3 is 1.68 bits per heavy atom. The second-order valence-corrected chi connectivity index (χ2v) is 10.6. The van der Waals surface area contributed by atoms with E-state index in [0.717, 1.165) is 23.8 Å². The van der Waals surface area contributed by atoms with E-state index >= 15 is 0 Å². The van der Waals surface area contributed by atoms with Crippen LogP contribution in [0, 0.1) is 17.8 Å². The van der Waals surface area contributed by atoms with Gasteiger partial charge in [0.05, 0.1) is 0 Å². The minimum Gasteiger partial charge on any atom is -0.312 e. The Morgan fingerprint density at radius 2 is 1.18 bits per heavy atom. The summed E-state index contributed by atoms with van der Waals surface area (Å²) in [5.74, 6) is 2.78. The van der Waals surface area contributed by atoms with E-state index in [1.165, 1.54) is 97.4 Å². The molecule has 0 bridgehead atoms. The number of hydrogen-bond donors (Lipinski definition) is 1. The number of hydrogen-bond acceptors (Lipinski definition) is 4. The van der Waals surface area contributed by atoms with Gasteiger partial charge in [-0.25, -0.2) is 0 Å². The molecule has 0 aromatic rings. The van der Waals surface area contributed by atoms with Crippen molar-refractivity contribution in [2.75, 3.05) is 58.9 Å². The quantitative estimate of drug-likeness (QED) is 0.682. The Hall–Kier alpha value is -0.160. The minimum absolute atomic E-state index is 0.627. The summed E-state index contributed by atoms with van der Waals surface area (Å²) in [6.45, 7) is 21.2. The molecule has 0 radical (unpaired) electrons. The van der Waals surface area contributed by atoms with E-state index < -0.39 is 0 Å². The van der Waals surface area contributed by atoms with E-state index in [1.807, 2.05) is 0 Å². The number of nitrogens with one attached hydrogen (secondary N) is 1. The van der Waals surface area contributed by atoms with Gasteiger partial charge >= 0.3 is 0 Å². The molecule has 3 heterocycles. The molecule has 0 unspecified atom stereocenters. The van der Waals surface area contributed by atoms with E-state index in [0.29, 0.717) is 6.04 Å². The first-order valence-corrected chi connectivity index (χ1v) is 12.4. The fraction of sp³-hybridized carbons (Fsp3) is 1.00. The van der Waals surface area contributed by atoms with E-state index in [1.54, 1.807) is 0 Å². The van der Waals surface area contributed by atoms with Crippen LogP contribution in [0.1, 0.15) is 66.2 Å². The van der Waals surface area contributed by atoms with Crippen LogP contribution in [-0.4, -0.2) is 85.7 Å². The van der Waals surface area contributed by atoms with Crippen molar-refractivity contribution < 1.29 is 0 Å². The van der Waals surface area contributed by atoms with E-state index in [-0.39, 0.29) is 0 Å². The first-order valence-electron chi connectivity index (χ1n) is 12.4. The summed E-state index contributed by atoms with van der Waals surface area (Å²) in [6, 6.07) is 1.38. The molecule has 164 valence electrons. The second kappa shape index (κ2) is 11.3. The second-order valence-electron chi connectivity index (χ2n) is 10.6. The molecule has 1 N–H and O–H groups in total. The third kappa shape index (κ3) is 7.27. The predicted octanol–water partition coefficient (Wildman–Crippen LogP) is 3.53. The summed E-state index contributed by atoms with van der Waals surface area (Å²) < 4.78 is 0. The lowest BCUT2D eigenvalue weighted by Crippen LogP contribution is -2.47. The van der Waals surface area contributed by atoms with Gasteiger partial charge < -0.3 is 20.0 Å². The van der Waals surface area contributed by atoms with Crippen molar-refractivity contribution in [3.05, 3.63) is 0 Å². The standard InChI is InChI=1S/C24H48N4/c1-20(2)23-7-13-27(14-8-23)18-17-26-11-5-22(6-12-26)19-28-15-9-24(10-16-28)25-21(3)4/h20-25H,5-19H2,1-4H3. The average Bonchev–Trinajstić information content (AvgIpc) is 2.69. The highest BCUT2D eigenvalue weighted by Crippen LogP contribution is 2.25. The van der Waals surface area contributed by atoms with Gasteiger partial charge in [-0.1, -0.05) is 27.7 Å². The van der Waals surface area contributed by atoms with Gasteiger partial charge in [-0.15, -0.1) is 0 Å². The highest BCUT2D eigenvalue weighted by atomic mass is 15.2. The number of nitrogens with zero attached hydrogens (tertiary/aromatic N) is 3. The van der Waals surface area contributed by atoms with Crippen LogP contribution in [0.5, 0.6) is 0 Å². The van der Waals surface area contributed by atoms with E-state index in [9.17, 15) is 0 Å². The molecule has 0 aromatic heterocycles. The van der Waals surface area contributed by atoms with Crippen molar-refractivity contribution in [1.82, 2.24) is 20.0 Å². The van der Waals surface area contributed by atoms with Gasteiger partial charge in [-0.05, 0) is 95.5 Å². The third-order valence-electron chi connectivity index (χ3n) is 7.69. The van der Waals surface area contributed by atoms with Crippen molar-refractivity contribution >= 4 is 0 Å². The molecule has 0 spiro atoms. The minimum atomic E-state index is 0.627. The zero-order chi connectivity index (χ0) is 19.9. The number of rotatable bonds is 8. The molecule has 3 aliphatic heterocycles. The molecular weight excluding hydrogens is 344 g/mol. The van der Waals surface area contributed by atoms with Crippen LogP contribution >= 0.6 is 0 Å². The van der Waals surface area contributed by atoms with E-state index in [2.05, 4.69) is 47.7 Å². The van der Waals surface area contributed by atoms with Crippen molar-refractivity contribution in [2.45, 2.75) is 78.3 Å². The molecule has 0 atom stereocenters. The number of likely N-dealkylation sites (tertiary alicyclic amines) is 3. The maximum Gasteiger partial charge on any atom is 0.0109 e. The SMILES string of the molecule is CC(C)NC1CCN(CC2CCN(CCN3CCC(C(C)C)CC3)CC2)CC1. The predicted molar refractivity (Wildman–Crippen MR) is 121 cm³/mol. The average molecular weight is 393 g/mol. The van der Waals surface area contributed by atoms with Gasteiger partial charge in [0.15, 0.2) is 0 Å². The fourth-order valence-electron chi connectivity index (χ4n) is 5.64. The molecule has 3 rings (SSSR count). The molecule has 4 nitrogen and oxygen atoms in total. The highest BCUT2D eigenvalue weighted by molar-refractivity contribution is 4.82. The Morgan fingerprint density at radius 1 is 0.679 bits per heavy atom. The van der Waals surface area contributed by atoms with Gasteiger partial charge in [-0.3, -0.25) is 0 Å². The van der Waals surface area contributed by atoms with Crippen molar-refractivity contribution in [2.24, 2.45) is 17.8 Å². The van der Waals surface area contributed by atoms with Crippen LogP contribution in [0.25, 0.3) is 0 Å². The summed E-state index contributed by atoms with van der Waals surface area (Å²) >= 11 is 0. The molecule has 0 aromatic carbocycles. The maximum absolute atomic E-state index is 3.72. The maximum atomic E-state index is 3.72. The lowest BCUT2D eigenvalue weighted by atomic mass is 9.87. The van der Waals surface area contributed by atoms with Crippen LogP contribution in [0.2, 0.25) is 0 Å². The molecule has 4 heteroatoms. The monoisotopic (exact) mass is 392 g/mol. The molecular formula is C24H48N4. The molecule has 0 aliphatic carbocycles. The molecule has 3 saturated heterocycles. The molecule has 3 aliphatic rings. The van der Waals surface area contributed by atoms with Gasteiger partial charge in [0.2, 0.25) is 0 Å². The van der Waals surface area contributed by atoms with Crippen molar-refractivity contribution in [3.8, 4) is 0 Å². The summed E-state index contributed by atoms with van der Waals surface area (Å²) in [5.41, 5.74) is 0. The van der Waals surface area contributed by atoms with Crippen molar-refractivity contribution in [3.63, 3.8) is 0 Å². The van der Waals surface area contributed by atoms with Crippen molar-refractivity contribution in [1.29, 1.82) is 0 Å². The lowest BCUT2D eigenvalue weighted by Gasteiger charge is -2.39. The Balaban J connectivity index is 1.25. The summed E-state index contributed by atoms with van der Waals surface area (Å²) in [5, 5.41) is 3.72. The van der Waals surface area contributed by atoms with Gasteiger partial charge in [-0.2, -0.15) is 0 Å². The Bertz CT molecular complexity index is 414. The topological polar surface area (TPSA) is 21.8 Å². The fourth-order valence-corrected chi connectivity index (χ4v) is 5.64. The Labute approximate surface area is 175 Å². The van der Waals surface area contributed by atoms with Gasteiger partial charge in [0, 0.05) is 31.7 Å². The summed E-state index contributed by atoms with van der Waals surface area (Å²) in [6.07, 6.45) is 8.35. The van der Waals surface area contributed by atoms with E-state index in [4.69, 9.17) is 0 Å². The zero-order valence-electron chi connectivity index (χ0n) is 19.3. The van der Waals surface area contributed by atoms with Crippen LogP contribution in [-0.2, 0) is 0 Å². The molecule has 0 amide bonds. The van der Waals surface area contributed by atoms with Crippen LogP contribution in [0.3, 0.4) is 0 Å². The first kappa shape index (κ1) is 22.5. The van der Waals surface area contributed by atoms with Crippen LogP contribution in [0.15, 0.2) is 0 Å². The Kier molecular flexibility index (Phi) is 9.08. The smallest absolute Gasteiger partial charge is 0.0109 e. The molecule has 3 fully saturated rings. The summed E-state index contributed by atoms with van der Waals surface area (Å²) in [4.78, 5) is 8.21. The summed E-state index contributed by atoms with van der Waals surface area (Å²) in [7, 11) is 0. The van der Waals surface area contributed by atoms with Gasteiger partial charge in [0.1, 0.15) is 0 Å².